The highest BCUT2D eigenvalue weighted by Crippen LogP contribution is 2.26. The highest BCUT2D eigenvalue weighted by molar-refractivity contribution is 6.42. The van der Waals surface area contributed by atoms with E-state index in [1.807, 2.05) is 0 Å². The van der Waals surface area contributed by atoms with Gasteiger partial charge in [-0.15, -0.1) is 0 Å². The van der Waals surface area contributed by atoms with Crippen molar-refractivity contribution in [3.8, 4) is 0 Å². The average molecular weight is 486 g/mol. The highest BCUT2D eigenvalue weighted by atomic mass is 35.5. The second kappa shape index (κ2) is 12.8. The minimum absolute atomic E-state index is 0.221. The monoisotopic (exact) mass is 484 g/mol. The number of halogens is 3. The van der Waals surface area contributed by atoms with Crippen LogP contribution in [0.25, 0.3) is 0 Å². The number of benzene rings is 2. The zero-order valence-electron chi connectivity index (χ0n) is 17.6. The number of urea groups is 1. The van der Waals surface area contributed by atoms with Crippen molar-refractivity contribution in [2.75, 3.05) is 37.3 Å². The quantitative estimate of drug-likeness (QED) is 0.354. The molecule has 2 aromatic rings. The Kier molecular flexibility index (Phi) is 10.4. The van der Waals surface area contributed by atoms with E-state index < -0.39 is 6.03 Å². The average Bonchev–Trinajstić information content (AvgIpc) is 2.73. The van der Waals surface area contributed by atoms with Gasteiger partial charge in [-0.2, -0.15) is 0 Å². The van der Waals surface area contributed by atoms with E-state index in [2.05, 4.69) is 34.8 Å². The van der Waals surface area contributed by atoms with E-state index in [-0.39, 0.29) is 5.91 Å². The maximum Gasteiger partial charge on any atom is 0.323 e. The SMILES string of the molecule is CCCCN(C)CCCNC(=O)c1ccc(Cl)c(NC(=O)Nc2ccc(Cl)c(Cl)c2)c1. The first-order chi connectivity index (χ1) is 14.8. The number of hydrogen-bond acceptors (Lipinski definition) is 3. The number of carbonyl (C=O) groups is 2. The van der Waals surface area contributed by atoms with Crippen LogP contribution in [-0.4, -0.2) is 43.5 Å². The lowest BCUT2D eigenvalue weighted by Gasteiger charge is -2.16. The van der Waals surface area contributed by atoms with Crippen LogP contribution in [-0.2, 0) is 0 Å². The van der Waals surface area contributed by atoms with Gasteiger partial charge in [0.25, 0.3) is 5.91 Å². The van der Waals surface area contributed by atoms with Crippen molar-refractivity contribution < 1.29 is 9.59 Å². The molecule has 0 aliphatic carbocycles. The van der Waals surface area contributed by atoms with E-state index in [1.165, 1.54) is 18.9 Å². The smallest absolute Gasteiger partial charge is 0.323 e. The van der Waals surface area contributed by atoms with Crippen LogP contribution >= 0.6 is 34.8 Å². The third-order valence-corrected chi connectivity index (χ3v) is 5.62. The summed E-state index contributed by atoms with van der Waals surface area (Å²) in [7, 11) is 2.08. The molecule has 6 nitrogen and oxygen atoms in total. The molecule has 0 saturated carbocycles. The molecule has 0 aliphatic heterocycles. The summed E-state index contributed by atoms with van der Waals surface area (Å²) >= 11 is 18.0. The molecule has 168 valence electrons. The Hall–Kier alpha value is -1.99. The summed E-state index contributed by atoms with van der Waals surface area (Å²) in [6, 6.07) is 8.95. The number of anilines is 2. The van der Waals surface area contributed by atoms with Gasteiger partial charge in [0.2, 0.25) is 0 Å². The molecular weight excluding hydrogens is 459 g/mol. The molecule has 0 bridgehead atoms. The molecule has 31 heavy (non-hydrogen) atoms. The summed E-state index contributed by atoms with van der Waals surface area (Å²) in [6.07, 6.45) is 3.19. The zero-order chi connectivity index (χ0) is 22.8. The maximum absolute atomic E-state index is 12.4. The lowest BCUT2D eigenvalue weighted by atomic mass is 10.2. The summed E-state index contributed by atoms with van der Waals surface area (Å²) in [5, 5.41) is 9.22. The molecule has 3 N–H and O–H groups in total. The molecule has 2 aromatic carbocycles. The Labute approximate surface area is 198 Å². The van der Waals surface area contributed by atoms with E-state index in [1.54, 1.807) is 30.3 Å². The Bertz CT molecular complexity index is 908. The minimum atomic E-state index is -0.520. The molecule has 2 rings (SSSR count). The number of hydrogen-bond donors (Lipinski definition) is 3. The van der Waals surface area contributed by atoms with Gasteiger partial charge in [-0.25, -0.2) is 4.79 Å². The first kappa shape index (κ1) is 25.3. The maximum atomic E-state index is 12.4. The van der Waals surface area contributed by atoms with E-state index in [0.29, 0.717) is 38.6 Å². The fourth-order valence-electron chi connectivity index (χ4n) is 2.81. The zero-order valence-corrected chi connectivity index (χ0v) is 19.9. The third-order valence-electron chi connectivity index (χ3n) is 4.55. The summed E-state index contributed by atoms with van der Waals surface area (Å²) < 4.78 is 0. The second-order valence-electron chi connectivity index (χ2n) is 7.17. The largest absolute Gasteiger partial charge is 0.352 e. The fourth-order valence-corrected chi connectivity index (χ4v) is 3.28. The molecule has 0 radical (unpaired) electrons. The Morgan fingerprint density at radius 1 is 0.903 bits per heavy atom. The van der Waals surface area contributed by atoms with Crippen LogP contribution < -0.4 is 16.0 Å². The fraction of sp³-hybridized carbons (Fsp3) is 0.364. The normalized spacial score (nSPS) is 10.8. The minimum Gasteiger partial charge on any atom is -0.352 e. The van der Waals surface area contributed by atoms with E-state index in [9.17, 15) is 9.59 Å². The van der Waals surface area contributed by atoms with Crippen molar-refractivity contribution in [2.45, 2.75) is 26.2 Å². The van der Waals surface area contributed by atoms with Gasteiger partial charge in [0.05, 0.1) is 20.8 Å². The molecule has 3 amide bonds. The van der Waals surface area contributed by atoms with Crippen LogP contribution in [0.2, 0.25) is 15.1 Å². The van der Waals surface area contributed by atoms with Crippen LogP contribution in [0.4, 0.5) is 16.2 Å². The lowest BCUT2D eigenvalue weighted by Crippen LogP contribution is -2.28. The van der Waals surface area contributed by atoms with Crippen LogP contribution in [0, 0.1) is 0 Å². The summed E-state index contributed by atoms with van der Waals surface area (Å²) in [4.78, 5) is 27.0. The molecule has 9 heteroatoms. The van der Waals surface area contributed by atoms with E-state index in [4.69, 9.17) is 34.8 Å². The molecule has 0 unspecified atom stereocenters. The molecule has 0 saturated heterocycles. The topological polar surface area (TPSA) is 73.5 Å². The number of unbranched alkanes of at least 4 members (excludes halogenated alkanes) is 1. The first-order valence-electron chi connectivity index (χ1n) is 10.1. The summed E-state index contributed by atoms with van der Waals surface area (Å²) in [5.74, 6) is -0.221. The van der Waals surface area contributed by atoms with Gasteiger partial charge in [0.15, 0.2) is 0 Å². The lowest BCUT2D eigenvalue weighted by molar-refractivity contribution is 0.0952. The number of rotatable bonds is 10. The Morgan fingerprint density at radius 3 is 2.32 bits per heavy atom. The highest BCUT2D eigenvalue weighted by Gasteiger charge is 2.12. The standard InChI is InChI=1S/C22H27Cl3N4O2/c1-3-4-11-29(2)12-5-10-26-21(30)15-6-8-18(24)20(13-15)28-22(31)27-16-7-9-17(23)19(25)14-16/h6-9,13-14H,3-5,10-12H2,1-2H3,(H,26,30)(H2,27,28,31). The number of carbonyl (C=O) groups excluding carboxylic acids is 2. The van der Waals surface area contributed by atoms with Crippen molar-refractivity contribution in [3.63, 3.8) is 0 Å². The van der Waals surface area contributed by atoms with Gasteiger partial charge < -0.3 is 20.9 Å². The van der Waals surface area contributed by atoms with Crippen molar-refractivity contribution >= 4 is 58.1 Å². The molecule has 0 atom stereocenters. The summed E-state index contributed by atoms with van der Waals surface area (Å²) in [6.45, 7) is 4.71. The van der Waals surface area contributed by atoms with Crippen molar-refractivity contribution in [1.82, 2.24) is 10.2 Å². The number of nitrogens with zero attached hydrogens (tertiary/aromatic N) is 1. The second-order valence-corrected chi connectivity index (χ2v) is 8.39. The predicted molar refractivity (Wildman–Crippen MR) is 130 cm³/mol. The van der Waals surface area contributed by atoms with Crippen molar-refractivity contribution in [2.24, 2.45) is 0 Å². The molecule has 0 aromatic heterocycles. The van der Waals surface area contributed by atoms with Gasteiger partial charge >= 0.3 is 6.03 Å². The first-order valence-corrected chi connectivity index (χ1v) is 11.2. The molecule has 0 fully saturated rings. The van der Waals surface area contributed by atoms with Gasteiger partial charge in [0, 0.05) is 17.8 Å². The Morgan fingerprint density at radius 2 is 1.61 bits per heavy atom. The third kappa shape index (κ3) is 8.57. The molecular formula is C22H27Cl3N4O2. The predicted octanol–water partition coefficient (Wildman–Crippen LogP) is 6.14. The van der Waals surface area contributed by atoms with Crippen molar-refractivity contribution in [3.05, 3.63) is 57.0 Å². The van der Waals surface area contributed by atoms with Gasteiger partial charge in [-0.3, -0.25) is 4.79 Å². The number of nitrogens with one attached hydrogen (secondary N) is 3. The van der Waals surface area contributed by atoms with E-state index in [0.717, 1.165) is 19.5 Å². The molecule has 0 spiro atoms. The molecule has 0 aliphatic rings. The Balaban J connectivity index is 1.89. The van der Waals surface area contributed by atoms with E-state index >= 15 is 0 Å². The van der Waals surface area contributed by atoms with Crippen LogP contribution in [0.3, 0.4) is 0 Å². The van der Waals surface area contributed by atoms with Gasteiger partial charge in [-0.05, 0) is 69.4 Å². The van der Waals surface area contributed by atoms with Crippen molar-refractivity contribution in [1.29, 1.82) is 0 Å². The van der Waals surface area contributed by atoms with Gasteiger partial charge in [0.1, 0.15) is 0 Å². The van der Waals surface area contributed by atoms with Crippen LogP contribution in [0.5, 0.6) is 0 Å². The molecule has 0 heterocycles. The van der Waals surface area contributed by atoms with Crippen LogP contribution in [0.15, 0.2) is 36.4 Å². The number of amides is 3. The van der Waals surface area contributed by atoms with Crippen LogP contribution in [0.1, 0.15) is 36.5 Å². The summed E-state index contributed by atoms with van der Waals surface area (Å²) in [5.41, 5.74) is 1.21. The van der Waals surface area contributed by atoms with Gasteiger partial charge in [-0.1, -0.05) is 48.1 Å².